The number of carboxylic acids is 1. The first kappa shape index (κ1) is 9.70. The van der Waals surface area contributed by atoms with Crippen molar-refractivity contribution in [3.63, 3.8) is 0 Å². The van der Waals surface area contributed by atoms with Crippen molar-refractivity contribution in [2.75, 3.05) is 6.54 Å². The number of nitrogens with zero attached hydrogens (tertiary/aromatic N) is 2. The van der Waals surface area contributed by atoms with Gasteiger partial charge in [-0.05, 0) is 13.8 Å². The molecule has 0 aromatic carbocycles. The third-order valence-corrected chi connectivity index (χ3v) is 2.01. The van der Waals surface area contributed by atoms with Crippen LogP contribution in [0.3, 0.4) is 0 Å². The molecule has 1 aliphatic heterocycles. The molecule has 0 aromatic rings. The van der Waals surface area contributed by atoms with Gasteiger partial charge in [-0.25, -0.2) is 5.01 Å². The van der Waals surface area contributed by atoms with Gasteiger partial charge in [-0.1, -0.05) is 0 Å². The second kappa shape index (κ2) is 3.55. The van der Waals surface area contributed by atoms with Crippen molar-refractivity contribution in [3.8, 4) is 0 Å². The Labute approximate surface area is 76.0 Å². The molecular weight excluding hydrogens is 172 g/mol. The Balaban J connectivity index is 2.73. The summed E-state index contributed by atoms with van der Waals surface area (Å²) < 4.78 is 0. The molecule has 0 spiro atoms. The number of aliphatic carboxylic acids is 1. The summed E-state index contributed by atoms with van der Waals surface area (Å²) in [5.74, 6) is -1.73. The molecule has 1 heterocycles. The molecule has 0 saturated carbocycles. The predicted molar refractivity (Wildman–Crippen MR) is 46.2 cm³/mol. The van der Waals surface area contributed by atoms with Gasteiger partial charge in [0.1, 0.15) is 0 Å². The van der Waals surface area contributed by atoms with Crippen molar-refractivity contribution >= 4 is 17.6 Å². The van der Waals surface area contributed by atoms with Crippen molar-refractivity contribution in [1.29, 1.82) is 0 Å². The summed E-state index contributed by atoms with van der Waals surface area (Å²) in [7, 11) is 0. The van der Waals surface area contributed by atoms with E-state index in [1.807, 2.05) is 0 Å². The lowest BCUT2D eigenvalue weighted by Crippen LogP contribution is -2.28. The zero-order valence-corrected chi connectivity index (χ0v) is 7.65. The number of hydrazone groups is 1. The Hall–Kier alpha value is -1.39. The molecule has 1 aliphatic rings. The van der Waals surface area contributed by atoms with Crippen molar-refractivity contribution < 1.29 is 14.7 Å². The zero-order chi connectivity index (χ0) is 10.0. The summed E-state index contributed by atoms with van der Waals surface area (Å²) in [6.45, 7) is 3.98. The Morgan fingerprint density at radius 3 is 2.69 bits per heavy atom. The van der Waals surface area contributed by atoms with Crippen molar-refractivity contribution in [3.05, 3.63) is 0 Å². The fraction of sp³-hybridized carbons (Fsp3) is 0.625. The lowest BCUT2D eigenvalue weighted by Gasteiger charge is -2.09. The molecule has 0 aromatic heterocycles. The molecule has 1 rings (SSSR count). The first-order valence-electron chi connectivity index (χ1n) is 4.14. The van der Waals surface area contributed by atoms with Crippen molar-refractivity contribution in [2.45, 2.75) is 20.3 Å². The lowest BCUT2D eigenvalue weighted by molar-refractivity contribution is -0.141. The molecule has 72 valence electrons. The van der Waals surface area contributed by atoms with Crippen LogP contribution in [0.1, 0.15) is 20.3 Å². The Kier molecular flexibility index (Phi) is 2.65. The van der Waals surface area contributed by atoms with Gasteiger partial charge in [0.15, 0.2) is 0 Å². The minimum absolute atomic E-state index is 0.162. The van der Waals surface area contributed by atoms with Crippen LogP contribution in [-0.4, -0.2) is 34.2 Å². The summed E-state index contributed by atoms with van der Waals surface area (Å²) in [6.07, 6.45) is -0.162. The number of carbonyl (C=O) groups is 2. The van der Waals surface area contributed by atoms with Gasteiger partial charge in [0.05, 0.1) is 12.3 Å². The number of hydrogen-bond donors (Lipinski definition) is 1. The number of carbonyl (C=O) groups excluding carboxylic acids is 1. The van der Waals surface area contributed by atoms with Gasteiger partial charge in [0.2, 0.25) is 0 Å². The quantitative estimate of drug-likeness (QED) is 0.686. The topological polar surface area (TPSA) is 70.0 Å². The van der Waals surface area contributed by atoms with E-state index in [9.17, 15) is 9.59 Å². The molecule has 5 nitrogen and oxygen atoms in total. The molecule has 0 aliphatic carbocycles. The van der Waals surface area contributed by atoms with E-state index in [2.05, 4.69) is 5.10 Å². The van der Waals surface area contributed by atoms with E-state index in [0.29, 0.717) is 12.3 Å². The first-order chi connectivity index (χ1) is 6.06. The molecular formula is C8H12N2O3. The van der Waals surface area contributed by atoms with E-state index < -0.39 is 11.9 Å². The third kappa shape index (κ3) is 1.85. The second-order valence-corrected chi connectivity index (χ2v) is 2.95. The maximum absolute atomic E-state index is 11.4. The highest BCUT2D eigenvalue weighted by molar-refractivity contribution is 6.08. The average Bonchev–Trinajstić information content (AvgIpc) is 2.31. The van der Waals surface area contributed by atoms with Crippen LogP contribution in [0, 0.1) is 5.92 Å². The van der Waals surface area contributed by atoms with Crippen LogP contribution < -0.4 is 0 Å². The molecule has 0 bridgehead atoms. The number of rotatable bonds is 3. The molecule has 0 saturated heterocycles. The maximum atomic E-state index is 11.4. The van der Waals surface area contributed by atoms with Crippen LogP contribution in [0.4, 0.5) is 0 Å². The molecule has 1 atom stereocenters. The minimum atomic E-state index is -0.967. The molecule has 5 heteroatoms. The van der Waals surface area contributed by atoms with Crippen LogP contribution in [0.5, 0.6) is 0 Å². The Morgan fingerprint density at radius 2 is 2.31 bits per heavy atom. The molecule has 1 N–H and O–H groups in total. The van der Waals surface area contributed by atoms with Gasteiger partial charge in [-0.3, -0.25) is 9.59 Å². The van der Waals surface area contributed by atoms with Gasteiger partial charge in [0.25, 0.3) is 5.91 Å². The number of hydrogen-bond acceptors (Lipinski definition) is 3. The van der Waals surface area contributed by atoms with Gasteiger partial charge in [0, 0.05) is 12.3 Å². The lowest BCUT2D eigenvalue weighted by atomic mass is 10.0. The van der Waals surface area contributed by atoms with E-state index in [1.165, 1.54) is 5.01 Å². The summed E-state index contributed by atoms with van der Waals surface area (Å²) in [6, 6.07) is 0. The van der Waals surface area contributed by atoms with E-state index in [0.717, 1.165) is 0 Å². The minimum Gasteiger partial charge on any atom is -0.481 e. The van der Waals surface area contributed by atoms with Crippen LogP contribution in [0.2, 0.25) is 0 Å². The average molecular weight is 184 g/mol. The summed E-state index contributed by atoms with van der Waals surface area (Å²) in [5.41, 5.74) is 0.592. The Bertz CT molecular complexity index is 273. The predicted octanol–water partition coefficient (Wildman–Crippen LogP) is 0.315. The van der Waals surface area contributed by atoms with Crippen LogP contribution in [-0.2, 0) is 9.59 Å². The normalized spacial score (nSPS) is 22.0. The van der Waals surface area contributed by atoms with E-state index in [1.54, 1.807) is 13.8 Å². The summed E-state index contributed by atoms with van der Waals surface area (Å²) >= 11 is 0. The zero-order valence-electron chi connectivity index (χ0n) is 7.65. The third-order valence-electron chi connectivity index (χ3n) is 2.01. The SMILES string of the molecule is CCN1N=C(C)C(CC(=O)O)C1=O. The fourth-order valence-electron chi connectivity index (χ4n) is 1.30. The monoisotopic (exact) mass is 184 g/mol. The first-order valence-corrected chi connectivity index (χ1v) is 4.14. The highest BCUT2D eigenvalue weighted by atomic mass is 16.4. The maximum Gasteiger partial charge on any atom is 0.304 e. The smallest absolute Gasteiger partial charge is 0.304 e. The molecule has 0 fully saturated rings. The van der Waals surface area contributed by atoms with Crippen LogP contribution in [0.25, 0.3) is 0 Å². The summed E-state index contributed by atoms with van der Waals surface area (Å²) in [5, 5.41) is 13.8. The molecule has 1 unspecified atom stereocenters. The number of amides is 1. The van der Waals surface area contributed by atoms with Gasteiger partial charge in [-0.15, -0.1) is 0 Å². The van der Waals surface area contributed by atoms with Crippen LogP contribution >= 0.6 is 0 Å². The van der Waals surface area contributed by atoms with E-state index in [-0.39, 0.29) is 12.3 Å². The molecule has 1 amide bonds. The van der Waals surface area contributed by atoms with Crippen molar-refractivity contribution in [1.82, 2.24) is 5.01 Å². The highest BCUT2D eigenvalue weighted by Gasteiger charge is 2.33. The largest absolute Gasteiger partial charge is 0.481 e. The summed E-state index contributed by atoms with van der Waals surface area (Å²) in [4.78, 5) is 21.8. The standard InChI is InChI=1S/C8H12N2O3/c1-3-10-8(13)6(4-7(11)12)5(2)9-10/h6H,3-4H2,1-2H3,(H,11,12). The van der Waals surface area contributed by atoms with Gasteiger partial charge < -0.3 is 5.11 Å². The highest BCUT2D eigenvalue weighted by Crippen LogP contribution is 2.18. The van der Waals surface area contributed by atoms with Crippen molar-refractivity contribution in [2.24, 2.45) is 11.0 Å². The van der Waals surface area contributed by atoms with Gasteiger partial charge in [-0.2, -0.15) is 5.10 Å². The van der Waals surface area contributed by atoms with Crippen LogP contribution in [0.15, 0.2) is 5.10 Å². The Morgan fingerprint density at radius 1 is 1.69 bits per heavy atom. The van der Waals surface area contributed by atoms with E-state index >= 15 is 0 Å². The van der Waals surface area contributed by atoms with Gasteiger partial charge >= 0.3 is 5.97 Å². The second-order valence-electron chi connectivity index (χ2n) is 2.95. The molecule has 0 radical (unpaired) electrons. The number of carboxylic acid groups (broad SMARTS) is 1. The van der Waals surface area contributed by atoms with E-state index in [4.69, 9.17) is 5.11 Å². The molecule has 13 heavy (non-hydrogen) atoms. The fourth-order valence-corrected chi connectivity index (χ4v) is 1.30.